The van der Waals surface area contributed by atoms with Crippen molar-refractivity contribution in [2.45, 2.75) is 32.1 Å². The first kappa shape index (κ1) is 11.5. The third-order valence-corrected chi connectivity index (χ3v) is 3.29. The SMILES string of the molecule is Cc1ccc(C)c(C2CCNCC2(F)F)c1. The third kappa shape index (κ3) is 2.09. The maximum atomic E-state index is 13.8. The Hall–Kier alpha value is -0.960. The maximum Gasteiger partial charge on any atom is 0.267 e. The Labute approximate surface area is 94.9 Å². The van der Waals surface area contributed by atoms with Gasteiger partial charge in [-0.2, -0.15) is 0 Å². The molecule has 1 aliphatic rings. The summed E-state index contributed by atoms with van der Waals surface area (Å²) in [6.45, 7) is 4.33. The number of alkyl halides is 2. The zero-order valence-electron chi connectivity index (χ0n) is 9.69. The Morgan fingerprint density at radius 2 is 2.06 bits per heavy atom. The van der Waals surface area contributed by atoms with Crippen molar-refractivity contribution in [2.24, 2.45) is 0 Å². The molecule has 1 atom stereocenters. The molecule has 1 aromatic rings. The summed E-state index contributed by atoms with van der Waals surface area (Å²) in [7, 11) is 0. The van der Waals surface area contributed by atoms with Gasteiger partial charge in [-0.1, -0.05) is 23.8 Å². The summed E-state index contributed by atoms with van der Waals surface area (Å²) in [6.07, 6.45) is 0.511. The molecule has 1 N–H and O–H groups in total. The van der Waals surface area contributed by atoms with E-state index in [4.69, 9.17) is 0 Å². The van der Waals surface area contributed by atoms with E-state index in [1.54, 1.807) is 0 Å². The second kappa shape index (κ2) is 4.13. The quantitative estimate of drug-likeness (QED) is 0.774. The highest BCUT2D eigenvalue weighted by Crippen LogP contribution is 2.39. The molecule has 0 bridgehead atoms. The number of aryl methyl sites for hydroxylation is 2. The molecule has 1 unspecified atom stereocenters. The van der Waals surface area contributed by atoms with Crippen LogP contribution in [-0.2, 0) is 0 Å². The first-order chi connectivity index (χ1) is 7.50. The van der Waals surface area contributed by atoms with E-state index in [0.717, 1.165) is 16.7 Å². The monoisotopic (exact) mass is 225 g/mol. The van der Waals surface area contributed by atoms with Crippen molar-refractivity contribution in [2.75, 3.05) is 13.1 Å². The van der Waals surface area contributed by atoms with E-state index in [-0.39, 0.29) is 6.54 Å². The topological polar surface area (TPSA) is 12.0 Å². The number of rotatable bonds is 1. The van der Waals surface area contributed by atoms with E-state index >= 15 is 0 Å². The van der Waals surface area contributed by atoms with Crippen LogP contribution in [0.25, 0.3) is 0 Å². The lowest BCUT2D eigenvalue weighted by molar-refractivity contribution is -0.0422. The van der Waals surface area contributed by atoms with E-state index in [0.29, 0.717) is 13.0 Å². The van der Waals surface area contributed by atoms with E-state index in [2.05, 4.69) is 5.32 Å². The van der Waals surface area contributed by atoms with Crippen LogP contribution in [0.15, 0.2) is 18.2 Å². The summed E-state index contributed by atoms with van der Waals surface area (Å²) >= 11 is 0. The van der Waals surface area contributed by atoms with Crippen LogP contribution in [0.5, 0.6) is 0 Å². The van der Waals surface area contributed by atoms with Gasteiger partial charge in [0.2, 0.25) is 0 Å². The first-order valence-electron chi connectivity index (χ1n) is 5.66. The number of nitrogens with one attached hydrogen (secondary N) is 1. The van der Waals surface area contributed by atoms with Gasteiger partial charge < -0.3 is 5.32 Å². The van der Waals surface area contributed by atoms with Crippen molar-refractivity contribution in [3.63, 3.8) is 0 Å². The number of hydrogen-bond donors (Lipinski definition) is 1. The number of halogens is 2. The predicted octanol–water partition coefficient (Wildman–Crippen LogP) is 3.02. The highest BCUT2D eigenvalue weighted by atomic mass is 19.3. The van der Waals surface area contributed by atoms with Gasteiger partial charge in [0.1, 0.15) is 0 Å². The first-order valence-corrected chi connectivity index (χ1v) is 5.66. The predicted molar refractivity (Wildman–Crippen MR) is 61.1 cm³/mol. The van der Waals surface area contributed by atoms with Crippen molar-refractivity contribution in [3.05, 3.63) is 34.9 Å². The molecule has 0 aliphatic carbocycles. The van der Waals surface area contributed by atoms with Gasteiger partial charge in [0.25, 0.3) is 5.92 Å². The summed E-state index contributed by atoms with van der Waals surface area (Å²) in [5, 5.41) is 2.76. The molecular formula is C13H17F2N. The summed E-state index contributed by atoms with van der Waals surface area (Å²) in [5.74, 6) is -3.26. The molecule has 1 heterocycles. The Kier molecular flexibility index (Phi) is 2.98. The number of hydrogen-bond acceptors (Lipinski definition) is 1. The smallest absolute Gasteiger partial charge is 0.267 e. The fourth-order valence-corrected chi connectivity index (χ4v) is 2.35. The minimum atomic E-state index is -2.63. The van der Waals surface area contributed by atoms with Crippen LogP contribution in [0.3, 0.4) is 0 Å². The van der Waals surface area contributed by atoms with Crippen LogP contribution in [0, 0.1) is 13.8 Å². The lowest BCUT2D eigenvalue weighted by atomic mass is 9.84. The van der Waals surface area contributed by atoms with E-state index in [1.165, 1.54) is 0 Å². The average molecular weight is 225 g/mol. The second-order valence-electron chi connectivity index (χ2n) is 4.64. The van der Waals surface area contributed by atoms with Crippen LogP contribution >= 0.6 is 0 Å². The molecule has 1 saturated heterocycles. The largest absolute Gasteiger partial charge is 0.311 e. The van der Waals surface area contributed by atoms with Crippen LogP contribution < -0.4 is 5.32 Å². The lowest BCUT2D eigenvalue weighted by Crippen LogP contribution is -2.44. The molecule has 0 aromatic heterocycles. The molecular weight excluding hydrogens is 208 g/mol. The van der Waals surface area contributed by atoms with Gasteiger partial charge >= 0.3 is 0 Å². The normalized spacial score (nSPS) is 24.4. The summed E-state index contributed by atoms with van der Waals surface area (Å²) < 4.78 is 27.6. The molecule has 1 nitrogen and oxygen atoms in total. The standard InChI is InChI=1S/C13H17F2N/c1-9-3-4-10(2)11(7-9)12-5-6-16-8-13(12,14)15/h3-4,7,12,16H,5-6,8H2,1-2H3. The Morgan fingerprint density at radius 1 is 1.31 bits per heavy atom. The van der Waals surface area contributed by atoms with Crippen molar-refractivity contribution in [1.82, 2.24) is 5.32 Å². The number of benzene rings is 1. The van der Waals surface area contributed by atoms with E-state index in [1.807, 2.05) is 32.0 Å². The van der Waals surface area contributed by atoms with Gasteiger partial charge in [-0.15, -0.1) is 0 Å². The second-order valence-corrected chi connectivity index (χ2v) is 4.64. The molecule has 1 aromatic carbocycles. The van der Waals surface area contributed by atoms with E-state index in [9.17, 15) is 8.78 Å². The molecule has 88 valence electrons. The van der Waals surface area contributed by atoms with Gasteiger partial charge in [0.15, 0.2) is 0 Å². The fourth-order valence-electron chi connectivity index (χ4n) is 2.35. The average Bonchev–Trinajstić information content (AvgIpc) is 2.22. The summed E-state index contributed by atoms with van der Waals surface area (Å²) in [6, 6.07) is 5.81. The van der Waals surface area contributed by atoms with Crippen LogP contribution in [0.1, 0.15) is 29.0 Å². The Bertz CT molecular complexity index is 388. The van der Waals surface area contributed by atoms with Crippen molar-refractivity contribution >= 4 is 0 Å². The molecule has 1 fully saturated rings. The zero-order valence-corrected chi connectivity index (χ0v) is 9.69. The summed E-state index contributed by atoms with van der Waals surface area (Å²) in [4.78, 5) is 0. The number of piperidine rings is 1. The molecule has 1 aliphatic heterocycles. The van der Waals surface area contributed by atoms with Crippen LogP contribution in [-0.4, -0.2) is 19.0 Å². The molecule has 2 rings (SSSR count). The van der Waals surface area contributed by atoms with Gasteiger partial charge in [-0.25, -0.2) is 8.78 Å². The highest BCUT2D eigenvalue weighted by Gasteiger charge is 2.42. The van der Waals surface area contributed by atoms with Crippen molar-refractivity contribution in [1.29, 1.82) is 0 Å². The zero-order chi connectivity index (χ0) is 11.8. The van der Waals surface area contributed by atoms with E-state index < -0.39 is 11.8 Å². The highest BCUT2D eigenvalue weighted by molar-refractivity contribution is 5.35. The van der Waals surface area contributed by atoms with Gasteiger partial charge in [0, 0.05) is 0 Å². The Balaban J connectivity index is 2.38. The minimum absolute atomic E-state index is 0.203. The van der Waals surface area contributed by atoms with Crippen molar-refractivity contribution < 1.29 is 8.78 Å². The fraction of sp³-hybridized carbons (Fsp3) is 0.538. The van der Waals surface area contributed by atoms with Crippen LogP contribution in [0.4, 0.5) is 8.78 Å². The molecule has 16 heavy (non-hydrogen) atoms. The minimum Gasteiger partial charge on any atom is -0.311 e. The molecule has 0 saturated carbocycles. The molecule has 0 spiro atoms. The summed E-state index contributed by atoms with van der Waals surface area (Å²) in [5.41, 5.74) is 2.83. The molecule has 0 radical (unpaired) electrons. The third-order valence-electron chi connectivity index (χ3n) is 3.29. The van der Waals surface area contributed by atoms with Crippen molar-refractivity contribution in [3.8, 4) is 0 Å². The van der Waals surface area contributed by atoms with Gasteiger partial charge in [-0.3, -0.25) is 0 Å². The lowest BCUT2D eigenvalue weighted by Gasteiger charge is -2.33. The molecule has 3 heteroatoms. The maximum absolute atomic E-state index is 13.8. The molecule has 0 amide bonds. The van der Waals surface area contributed by atoms with Gasteiger partial charge in [-0.05, 0) is 37.9 Å². The van der Waals surface area contributed by atoms with Gasteiger partial charge in [0.05, 0.1) is 12.5 Å². The van der Waals surface area contributed by atoms with Crippen LogP contribution in [0.2, 0.25) is 0 Å². The Morgan fingerprint density at radius 3 is 2.75 bits per heavy atom.